The zero-order valence-corrected chi connectivity index (χ0v) is 15.3. The monoisotopic (exact) mass is 361 g/mol. The van der Waals surface area contributed by atoms with Crippen molar-refractivity contribution >= 4 is 34.0 Å². The summed E-state index contributed by atoms with van der Waals surface area (Å²) in [4.78, 5) is 24.3. The summed E-state index contributed by atoms with van der Waals surface area (Å²) in [5.74, 6) is -0.309. The van der Waals surface area contributed by atoms with E-state index in [-0.39, 0.29) is 18.4 Å². The van der Waals surface area contributed by atoms with Gasteiger partial charge in [0.2, 0.25) is 5.91 Å². The second kappa shape index (κ2) is 8.85. The minimum absolute atomic E-state index is 0.137. The SMILES string of the molecule is CCCNC(=O)c1cccc(NC(=O)CNc2ccc3ccccc3c2)c1. The Bertz CT molecular complexity index is 953. The van der Waals surface area contributed by atoms with Gasteiger partial charge >= 0.3 is 0 Å². The van der Waals surface area contributed by atoms with Gasteiger partial charge in [0.15, 0.2) is 0 Å². The highest BCUT2D eigenvalue weighted by molar-refractivity contribution is 5.98. The minimum atomic E-state index is -0.172. The molecular weight excluding hydrogens is 338 g/mol. The highest BCUT2D eigenvalue weighted by Crippen LogP contribution is 2.18. The number of carbonyl (C=O) groups is 2. The Morgan fingerprint density at radius 1 is 0.852 bits per heavy atom. The Labute approximate surface area is 158 Å². The van der Waals surface area contributed by atoms with Gasteiger partial charge in [-0.3, -0.25) is 9.59 Å². The van der Waals surface area contributed by atoms with Gasteiger partial charge in [0.25, 0.3) is 5.91 Å². The summed E-state index contributed by atoms with van der Waals surface area (Å²) < 4.78 is 0. The molecule has 3 aromatic rings. The number of rotatable bonds is 7. The molecule has 0 aromatic heterocycles. The quantitative estimate of drug-likeness (QED) is 0.595. The van der Waals surface area contributed by atoms with Gasteiger partial charge in [-0.2, -0.15) is 0 Å². The zero-order valence-electron chi connectivity index (χ0n) is 15.3. The number of fused-ring (bicyclic) bond motifs is 1. The maximum atomic E-state index is 12.2. The molecule has 0 aliphatic carbocycles. The molecule has 0 radical (unpaired) electrons. The molecular formula is C22H23N3O2. The molecule has 0 atom stereocenters. The zero-order chi connectivity index (χ0) is 19.1. The summed E-state index contributed by atoms with van der Waals surface area (Å²) in [5, 5.41) is 11.1. The van der Waals surface area contributed by atoms with E-state index in [1.165, 1.54) is 0 Å². The van der Waals surface area contributed by atoms with Crippen molar-refractivity contribution in [2.45, 2.75) is 13.3 Å². The van der Waals surface area contributed by atoms with Crippen molar-refractivity contribution in [1.82, 2.24) is 5.32 Å². The fourth-order valence-electron chi connectivity index (χ4n) is 2.77. The van der Waals surface area contributed by atoms with Crippen LogP contribution in [0.5, 0.6) is 0 Å². The minimum Gasteiger partial charge on any atom is -0.376 e. The van der Waals surface area contributed by atoms with Gasteiger partial charge in [0.1, 0.15) is 0 Å². The summed E-state index contributed by atoms with van der Waals surface area (Å²) in [6.07, 6.45) is 0.878. The molecule has 3 aromatic carbocycles. The fourth-order valence-corrected chi connectivity index (χ4v) is 2.77. The number of hydrogen-bond acceptors (Lipinski definition) is 3. The summed E-state index contributed by atoms with van der Waals surface area (Å²) in [5.41, 5.74) is 2.02. The first-order valence-corrected chi connectivity index (χ1v) is 9.06. The maximum Gasteiger partial charge on any atom is 0.251 e. The third-order valence-corrected chi connectivity index (χ3v) is 4.15. The molecule has 0 heterocycles. The van der Waals surface area contributed by atoms with Crippen molar-refractivity contribution in [2.24, 2.45) is 0 Å². The van der Waals surface area contributed by atoms with Crippen molar-refractivity contribution < 1.29 is 9.59 Å². The topological polar surface area (TPSA) is 70.2 Å². The second-order valence-corrected chi connectivity index (χ2v) is 6.30. The maximum absolute atomic E-state index is 12.2. The van der Waals surface area contributed by atoms with E-state index in [1.807, 2.05) is 43.3 Å². The Balaban J connectivity index is 1.57. The largest absolute Gasteiger partial charge is 0.376 e. The van der Waals surface area contributed by atoms with Gasteiger partial charge < -0.3 is 16.0 Å². The van der Waals surface area contributed by atoms with Crippen LogP contribution in [0.1, 0.15) is 23.7 Å². The third-order valence-electron chi connectivity index (χ3n) is 4.15. The van der Waals surface area contributed by atoms with Crippen LogP contribution in [0.3, 0.4) is 0 Å². The molecule has 0 spiro atoms. The van der Waals surface area contributed by atoms with Crippen LogP contribution >= 0.6 is 0 Å². The van der Waals surface area contributed by atoms with Crippen LogP contribution in [0.4, 0.5) is 11.4 Å². The van der Waals surface area contributed by atoms with Crippen LogP contribution in [0.15, 0.2) is 66.7 Å². The molecule has 27 heavy (non-hydrogen) atoms. The predicted molar refractivity (Wildman–Crippen MR) is 110 cm³/mol. The lowest BCUT2D eigenvalue weighted by atomic mass is 10.1. The molecule has 0 saturated carbocycles. The summed E-state index contributed by atoms with van der Waals surface area (Å²) in [6, 6.07) is 21.0. The lowest BCUT2D eigenvalue weighted by molar-refractivity contribution is -0.114. The summed E-state index contributed by atoms with van der Waals surface area (Å²) >= 11 is 0. The van der Waals surface area contributed by atoms with Gasteiger partial charge in [-0.1, -0.05) is 43.3 Å². The Morgan fingerprint density at radius 2 is 1.67 bits per heavy atom. The molecule has 5 heteroatoms. The van der Waals surface area contributed by atoms with Crippen molar-refractivity contribution in [2.75, 3.05) is 23.7 Å². The first kappa shape index (κ1) is 18.5. The van der Waals surface area contributed by atoms with Gasteiger partial charge in [0, 0.05) is 23.5 Å². The molecule has 138 valence electrons. The molecule has 5 nitrogen and oxygen atoms in total. The number of amides is 2. The Hall–Kier alpha value is -3.34. The normalized spacial score (nSPS) is 10.4. The first-order valence-electron chi connectivity index (χ1n) is 9.06. The van der Waals surface area contributed by atoms with E-state index in [9.17, 15) is 9.59 Å². The van der Waals surface area contributed by atoms with Crippen LogP contribution in [-0.4, -0.2) is 24.9 Å². The summed E-state index contributed by atoms with van der Waals surface area (Å²) in [7, 11) is 0. The molecule has 0 saturated heterocycles. The average Bonchev–Trinajstić information content (AvgIpc) is 2.70. The van der Waals surface area contributed by atoms with Gasteiger partial charge in [-0.25, -0.2) is 0 Å². The highest BCUT2D eigenvalue weighted by atomic mass is 16.2. The van der Waals surface area contributed by atoms with E-state index in [1.54, 1.807) is 24.3 Å². The van der Waals surface area contributed by atoms with Gasteiger partial charge in [-0.15, -0.1) is 0 Å². The lowest BCUT2D eigenvalue weighted by Crippen LogP contribution is -2.24. The average molecular weight is 361 g/mol. The third kappa shape index (κ3) is 5.07. The molecule has 0 unspecified atom stereocenters. The predicted octanol–water partition coefficient (Wildman–Crippen LogP) is 4.03. The van der Waals surface area contributed by atoms with E-state index in [0.29, 0.717) is 17.8 Å². The molecule has 0 fully saturated rings. The standard InChI is InChI=1S/C22H23N3O2/c1-2-12-23-22(27)18-8-5-9-20(14-18)25-21(26)15-24-19-11-10-16-6-3-4-7-17(16)13-19/h3-11,13-14,24H,2,12,15H2,1H3,(H,23,27)(H,25,26). The number of nitrogens with one attached hydrogen (secondary N) is 3. The van der Waals surface area contributed by atoms with E-state index < -0.39 is 0 Å². The lowest BCUT2D eigenvalue weighted by Gasteiger charge is -2.10. The van der Waals surface area contributed by atoms with E-state index in [4.69, 9.17) is 0 Å². The van der Waals surface area contributed by atoms with Crippen LogP contribution in [0, 0.1) is 0 Å². The van der Waals surface area contributed by atoms with E-state index >= 15 is 0 Å². The van der Waals surface area contributed by atoms with Crippen LogP contribution in [0.2, 0.25) is 0 Å². The van der Waals surface area contributed by atoms with Crippen LogP contribution in [-0.2, 0) is 4.79 Å². The molecule has 0 aliphatic rings. The van der Waals surface area contributed by atoms with E-state index in [0.717, 1.165) is 22.9 Å². The van der Waals surface area contributed by atoms with E-state index in [2.05, 4.69) is 22.0 Å². The second-order valence-electron chi connectivity index (χ2n) is 6.30. The molecule has 0 bridgehead atoms. The van der Waals surface area contributed by atoms with Gasteiger partial charge in [-0.05, 0) is 47.5 Å². The Kier molecular flexibility index (Phi) is 6.05. The molecule has 2 amide bonds. The van der Waals surface area contributed by atoms with Crippen molar-refractivity contribution in [3.05, 3.63) is 72.3 Å². The number of benzene rings is 3. The summed E-state index contributed by atoms with van der Waals surface area (Å²) in [6.45, 7) is 2.77. The van der Waals surface area contributed by atoms with Crippen molar-refractivity contribution in [3.63, 3.8) is 0 Å². The molecule has 3 N–H and O–H groups in total. The molecule has 3 rings (SSSR count). The molecule has 0 aliphatic heterocycles. The highest BCUT2D eigenvalue weighted by Gasteiger charge is 2.07. The van der Waals surface area contributed by atoms with Gasteiger partial charge in [0.05, 0.1) is 6.54 Å². The Morgan fingerprint density at radius 3 is 2.48 bits per heavy atom. The number of carbonyl (C=O) groups excluding carboxylic acids is 2. The number of anilines is 2. The van der Waals surface area contributed by atoms with Crippen LogP contribution < -0.4 is 16.0 Å². The smallest absolute Gasteiger partial charge is 0.251 e. The van der Waals surface area contributed by atoms with Crippen LogP contribution in [0.25, 0.3) is 10.8 Å². The van der Waals surface area contributed by atoms with Crippen molar-refractivity contribution in [3.8, 4) is 0 Å². The fraction of sp³-hybridized carbons (Fsp3) is 0.182. The van der Waals surface area contributed by atoms with Crippen molar-refractivity contribution in [1.29, 1.82) is 0 Å². The number of hydrogen-bond donors (Lipinski definition) is 3. The first-order chi connectivity index (χ1) is 13.2.